The van der Waals surface area contributed by atoms with E-state index in [9.17, 15) is 13.2 Å². The fourth-order valence-electron chi connectivity index (χ4n) is 1.92. The van der Waals surface area contributed by atoms with Gasteiger partial charge in [0.1, 0.15) is 28.3 Å². The Kier molecular flexibility index (Phi) is 5.44. The van der Waals surface area contributed by atoms with E-state index < -0.39 is 23.0 Å². The van der Waals surface area contributed by atoms with Crippen LogP contribution >= 0.6 is 23.2 Å². The highest BCUT2D eigenvalue weighted by Gasteiger charge is 2.28. The van der Waals surface area contributed by atoms with Crippen LogP contribution in [-0.4, -0.2) is 10.9 Å². The molecule has 7 heteroatoms. The van der Waals surface area contributed by atoms with Crippen molar-refractivity contribution >= 4 is 39.7 Å². The predicted molar refractivity (Wildman–Crippen MR) is 88.4 cm³/mol. The van der Waals surface area contributed by atoms with Gasteiger partial charge in [0.05, 0.1) is 16.3 Å². The molecule has 2 nitrogen and oxygen atoms in total. The van der Waals surface area contributed by atoms with Crippen molar-refractivity contribution in [1.29, 1.82) is 0 Å². The summed E-state index contributed by atoms with van der Waals surface area (Å²) < 4.78 is 41.1. The molecule has 0 spiro atoms. The molecule has 0 bridgehead atoms. The molecule has 0 N–H and O–H groups in total. The molecule has 0 saturated heterocycles. The molecule has 0 fully saturated rings. The summed E-state index contributed by atoms with van der Waals surface area (Å²) in [4.78, 5) is 7.99. The van der Waals surface area contributed by atoms with Crippen LogP contribution in [0.1, 0.15) is 18.9 Å². The molecule has 0 aliphatic carbocycles. The molecule has 0 radical (unpaired) electrons. The molecule has 1 aliphatic rings. The highest BCUT2D eigenvalue weighted by atomic mass is 35.5. The lowest BCUT2D eigenvalue weighted by Gasteiger charge is -2.18. The SMILES string of the molecule is C=C1N=C(Cl)C(c2c(F)cc(F)cc2F)=C(Cl)/C1=N/C=C\CC. The maximum Gasteiger partial charge on any atom is 0.139 e. The van der Waals surface area contributed by atoms with Crippen molar-refractivity contribution in [2.45, 2.75) is 13.3 Å². The van der Waals surface area contributed by atoms with E-state index in [0.29, 0.717) is 12.1 Å². The average molecular weight is 359 g/mol. The van der Waals surface area contributed by atoms with Crippen molar-refractivity contribution in [3.8, 4) is 0 Å². The zero-order valence-electron chi connectivity index (χ0n) is 12.0. The summed E-state index contributed by atoms with van der Waals surface area (Å²) in [5.74, 6) is -3.33. The van der Waals surface area contributed by atoms with Gasteiger partial charge in [0, 0.05) is 23.9 Å². The first kappa shape index (κ1) is 17.5. The molecule has 2 rings (SSSR count). The van der Waals surface area contributed by atoms with Crippen molar-refractivity contribution in [3.63, 3.8) is 0 Å². The Labute approximate surface area is 141 Å². The van der Waals surface area contributed by atoms with Gasteiger partial charge in [0.15, 0.2) is 0 Å². The molecule has 0 saturated carbocycles. The number of dihydropyridines is 1. The quantitative estimate of drug-likeness (QED) is 0.673. The van der Waals surface area contributed by atoms with E-state index in [1.165, 1.54) is 6.20 Å². The van der Waals surface area contributed by atoms with Gasteiger partial charge >= 0.3 is 0 Å². The van der Waals surface area contributed by atoms with Gasteiger partial charge in [-0.1, -0.05) is 42.8 Å². The summed E-state index contributed by atoms with van der Waals surface area (Å²) >= 11 is 12.2. The first-order valence-electron chi connectivity index (χ1n) is 6.58. The Morgan fingerprint density at radius 2 is 1.83 bits per heavy atom. The zero-order chi connectivity index (χ0) is 17.1. The average Bonchev–Trinajstić information content (AvgIpc) is 2.45. The summed E-state index contributed by atoms with van der Waals surface area (Å²) in [7, 11) is 0. The van der Waals surface area contributed by atoms with Crippen molar-refractivity contribution < 1.29 is 13.2 Å². The summed E-state index contributed by atoms with van der Waals surface area (Å²) in [6.45, 7) is 5.57. The second-order valence-electron chi connectivity index (χ2n) is 4.55. The number of allylic oxidation sites excluding steroid dienone is 3. The molecule has 23 heavy (non-hydrogen) atoms. The summed E-state index contributed by atoms with van der Waals surface area (Å²) in [6.07, 6.45) is 3.97. The Bertz CT molecular complexity index is 770. The van der Waals surface area contributed by atoms with Crippen LogP contribution in [0.4, 0.5) is 13.2 Å². The van der Waals surface area contributed by atoms with Crippen LogP contribution in [0.3, 0.4) is 0 Å². The van der Waals surface area contributed by atoms with Gasteiger partial charge < -0.3 is 0 Å². The number of aliphatic imine (C=N–C) groups is 2. The summed E-state index contributed by atoms with van der Waals surface area (Å²) in [5, 5.41) is -0.358. The summed E-state index contributed by atoms with van der Waals surface area (Å²) in [5.41, 5.74) is -0.462. The van der Waals surface area contributed by atoms with E-state index in [0.717, 1.165) is 6.42 Å². The van der Waals surface area contributed by atoms with Gasteiger partial charge in [-0.25, -0.2) is 18.2 Å². The molecule has 1 heterocycles. The zero-order valence-corrected chi connectivity index (χ0v) is 13.5. The standard InChI is InChI=1S/C16H11Cl2F3N2/c1-3-4-5-22-15-8(2)23-16(18)13(14(15)17)12-10(20)6-9(19)7-11(12)21/h4-7H,2-3H2,1H3/b5-4-,22-15+. The van der Waals surface area contributed by atoms with E-state index in [4.69, 9.17) is 23.2 Å². The normalized spacial score (nSPS) is 17.4. The number of halogens is 5. The highest BCUT2D eigenvalue weighted by molar-refractivity contribution is 6.79. The largest absolute Gasteiger partial charge is 0.253 e. The van der Waals surface area contributed by atoms with Gasteiger partial charge in [-0.05, 0) is 6.42 Å². The lowest BCUT2D eigenvalue weighted by Crippen LogP contribution is -2.15. The molecule has 1 aromatic carbocycles. The van der Waals surface area contributed by atoms with Crippen molar-refractivity contribution in [1.82, 2.24) is 0 Å². The lowest BCUT2D eigenvalue weighted by atomic mass is 10.0. The molecule has 0 atom stereocenters. The molecule has 0 aromatic heterocycles. The van der Waals surface area contributed by atoms with Gasteiger partial charge in [-0.3, -0.25) is 4.99 Å². The third-order valence-electron chi connectivity index (χ3n) is 2.94. The molecule has 120 valence electrons. The smallest absolute Gasteiger partial charge is 0.139 e. The van der Waals surface area contributed by atoms with Gasteiger partial charge in [0.25, 0.3) is 0 Å². The predicted octanol–water partition coefficient (Wildman–Crippen LogP) is 5.58. The van der Waals surface area contributed by atoms with Gasteiger partial charge in [0.2, 0.25) is 0 Å². The summed E-state index contributed by atoms with van der Waals surface area (Å²) in [6, 6.07) is 1.08. The fourth-order valence-corrected chi connectivity index (χ4v) is 2.60. The van der Waals surface area contributed by atoms with E-state index in [1.54, 1.807) is 6.08 Å². The number of rotatable bonds is 3. The third-order valence-corrected chi connectivity index (χ3v) is 3.58. The second kappa shape index (κ2) is 7.15. The van der Waals surface area contributed by atoms with Gasteiger partial charge in [-0.15, -0.1) is 0 Å². The third kappa shape index (κ3) is 3.57. The van der Waals surface area contributed by atoms with Crippen LogP contribution in [-0.2, 0) is 0 Å². The van der Waals surface area contributed by atoms with Crippen LogP contribution in [0.15, 0.2) is 51.7 Å². The maximum absolute atomic E-state index is 14.0. The number of hydrogen-bond acceptors (Lipinski definition) is 2. The molecular weight excluding hydrogens is 348 g/mol. The topological polar surface area (TPSA) is 24.7 Å². The van der Waals surface area contributed by atoms with Crippen LogP contribution in [0, 0.1) is 17.5 Å². The van der Waals surface area contributed by atoms with E-state index in [1.807, 2.05) is 6.92 Å². The van der Waals surface area contributed by atoms with Crippen LogP contribution in [0.25, 0.3) is 5.57 Å². The molecule has 1 aliphatic heterocycles. The number of benzene rings is 1. The van der Waals surface area contributed by atoms with E-state index in [2.05, 4.69) is 16.6 Å². The fraction of sp³-hybridized carbons (Fsp3) is 0.125. The molecular formula is C16H11Cl2F3N2. The molecule has 0 unspecified atom stereocenters. The highest BCUT2D eigenvalue weighted by Crippen LogP contribution is 2.35. The second-order valence-corrected chi connectivity index (χ2v) is 5.29. The van der Waals surface area contributed by atoms with Gasteiger partial charge in [-0.2, -0.15) is 0 Å². The van der Waals surface area contributed by atoms with Crippen LogP contribution < -0.4 is 0 Å². The van der Waals surface area contributed by atoms with E-state index >= 15 is 0 Å². The first-order chi connectivity index (χ1) is 10.9. The van der Waals surface area contributed by atoms with Crippen LogP contribution in [0.2, 0.25) is 0 Å². The van der Waals surface area contributed by atoms with Crippen molar-refractivity contribution in [3.05, 3.63) is 64.7 Å². The minimum Gasteiger partial charge on any atom is -0.253 e. The monoisotopic (exact) mass is 358 g/mol. The Balaban J connectivity index is 2.68. The Morgan fingerprint density at radius 1 is 1.22 bits per heavy atom. The van der Waals surface area contributed by atoms with Crippen LogP contribution in [0.5, 0.6) is 0 Å². The molecule has 0 amide bonds. The Hall–Kier alpha value is -1.85. The first-order valence-corrected chi connectivity index (χ1v) is 7.34. The number of hydrogen-bond donors (Lipinski definition) is 0. The molecule has 1 aromatic rings. The lowest BCUT2D eigenvalue weighted by molar-refractivity contribution is 0.539. The van der Waals surface area contributed by atoms with E-state index in [-0.39, 0.29) is 27.2 Å². The Morgan fingerprint density at radius 3 is 2.39 bits per heavy atom. The van der Waals surface area contributed by atoms with Crippen molar-refractivity contribution in [2.75, 3.05) is 0 Å². The number of nitrogens with zero attached hydrogens (tertiary/aromatic N) is 2. The van der Waals surface area contributed by atoms with Crippen molar-refractivity contribution in [2.24, 2.45) is 9.98 Å². The maximum atomic E-state index is 14.0. The minimum atomic E-state index is -1.14. The minimum absolute atomic E-state index is 0.111.